The molecule has 1 fully saturated rings. The Morgan fingerprint density at radius 3 is 2.18 bits per heavy atom. The normalized spacial score (nSPS) is 17.1. The molecule has 178 valence electrons. The van der Waals surface area contributed by atoms with Gasteiger partial charge in [0.25, 0.3) is 0 Å². The second-order valence-corrected chi connectivity index (χ2v) is 8.51. The largest absolute Gasteiger partial charge is 0.493 e. The second kappa shape index (κ2) is 11.1. The van der Waals surface area contributed by atoms with Gasteiger partial charge in [-0.25, -0.2) is 0 Å². The smallest absolute Gasteiger partial charge is 0.307 e. The van der Waals surface area contributed by atoms with E-state index in [-0.39, 0.29) is 12.0 Å². The molecule has 3 aromatic carbocycles. The monoisotopic (exact) mass is 461 g/mol. The van der Waals surface area contributed by atoms with E-state index >= 15 is 0 Å². The summed E-state index contributed by atoms with van der Waals surface area (Å²) in [6.07, 6.45) is 1.54. The fourth-order valence-electron chi connectivity index (χ4n) is 4.62. The molecule has 0 aliphatic carbocycles. The summed E-state index contributed by atoms with van der Waals surface area (Å²) in [5, 5.41) is 9.65. The van der Waals surface area contributed by atoms with Crippen molar-refractivity contribution in [2.75, 3.05) is 27.3 Å². The van der Waals surface area contributed by atoms with E-state index in [0.717, 1.165) is 29.7 Å². The van der Waals surface area contributed by atoms with Crippen LogP contribution in [0.5, 0.6) is 17.2 Å². The number of benzene rings is 3. The molecule has 0 spiro atoms. The van der Waals surface area contributed by atoms with Crippen molar-refractivity contribution in [3.63, 3.8) is 0 Å². The van der Waals surface area contributed by atoms with Gasteiger partial charge in [-0.1, -0.05) is 60.7 Å². The van der Waals surface area contributed by atoms with Crippen LogP contribution in [0.2, 0.25) is 0 Å². The highest BCUT2D eigenvalue weighted by Crippen LogP contribution is 2.43. The number of hydrogen-bond donors (Lipinski definition) is 1. The molecule has 1 heterocycles. The maximum absolute atomic E-state index is 11.7. The first-order chi connectivity index (χ1) is 16.6. The molecule has 2 unspecified atom stereocenters. The summed E-state index contributed by atoms with van der Waals surface area (Å²) in [5.74, 6) is 0.594. The third-order valence-corrected chi connectivity index (χ3v) is 6.31. The molecular formula is C28H31NO5. The lowest BCUT2D eigenvalue weighted by atomic mass is 9.91. The summed E-state index contributed by atoms with van der Waals surface area (Å²) in [6.45, 7) is 1.70. The summed E-state index contributed by atoms with van der Waals surface area (Å²) in [6, 6.07) is 23.9. The first-order valence-corrected chi connectivity index (χ1v) is 11.5. The molecule has 1 N–H and O–H groups in total. The summed E-state index contributed by atoms with van der Waals surface area (Å²) < 4.78 is 17.6. The van der Waals surface area contributed by atoms with E-state index < -0.39 is 5.97 Å². The number of methoxy groups -OCH3 is 2. The molecule has 1 aliphatic heterocycles. The zero-order valence-electron chi connectivity index (χ0n) is 19.6. The highest BCUT2D eigenvalue weighted by Gasteiger charge is 2.32. The molecule has 0 bridgehead atoms. The molecule has 0 amide bonds. The van der Waals surface area contributed by atoms with Gasteiger partial charge in [0.2, 0.25) is 5.75 Å². The number of piperidine rings is 1. The average Bonchev–Trinajstić information content (AvgIpc) is 2.89. The van der Waals surface area contributed by atoms with Gasteiger partial charge in [0.15, 0.2) is 11.5 Å². The molecule has 34 heavy (non-hydrogen) atoms. The molecule has 6 nitrogen and oxygen atoms in total. The highest BCUT2D eigenvalue weighted by molar-refractivity contribution is 5.70. The van der Waals surface area contributed by atoms with E-state index in [0.29, 0.717) is 36.8 Å². The molecule has 0 saturated carbocycles. The van der Waals surface area contributed by atoms with Crippen molar-refractivity contribution >= 4 is 5.97 Å². The summed E-state index contributed by atoms with van der Waals surface area (Å²) in [7, 11) is 3.24. The van der Waals surface area contributed by atoms with Crippen molar-refractivity contribution in [1.82, 2.24) is 4.90 Å². The molecular weight excluding hydrogens is 430 g/mol. The quantitative estimate of drug-likeness (QED) is 0.474. The minimum atomic E-state index is -0.740. The van der Waals surface area contributed by atoms with Crippen LogP contribution in [0.25, 0.3) is 0 Å². The fourth-order valence-corrected chi connectivity index (χ4v) is 4.62. The van der Waals surface area contributed by atoms with Crippen LogP contribution in [0.1, 0.15) is 35.6 Å². The van der Waals surface area contributed by atoms with Crippen molar-refractivity contribution in [3.8, 4) is 17.2 Å². The van der Waals surface area contributed by atoms with Crippen molar-refractivity contribution in [1.29, 1.82) is 0 Å². The number of rotatable bonds is 9. The average molecular weight is 462 g/mol. The Kier molecular flexibility index (Phi) is 7.70. The van der Waals surface area contributed by atoms with Gasteiger partial charge in [0.1, 0.15) is 6.61 Å². The number of hydrogen-bond acceptors (Lipinski definition) is 5. The number of likely N-dealkylation sites (tertiary alicyclic amines) is 1. The van der Waals surface area contributed by atoms with Crippen molar-refractivity contribution in [2.45, 2.75) is 25.5 Å². The zero-order chi connectivity index (χ0) is 23.9. The lowest BCUT2D eigenvalue weighted by Gasteiger charge is -2.38. The summed E-state index contributed by atoms with van der Waals surface area (Å²) in [4.78, 5) is 14.0. The van der Waals surface area contributed by atoms with E-state index in [9.17, 15) is 9.90 Å². The Balaban J connectivity index is 1.71. The van der Waals surface area contributed by atoms with Crippen LogP contribution in [-0.4, -0.2) is 43.3 Å². The lowest BCUT2D eigenvalue weighted by Crippen LogP contribution is -2.41. The number of nitrogens with zero attached hydrogens (tertiary/aromatic N) is 1. The molecule has 2 atom stereocenters. The Labute approximate surface area is 200 Å². The molecule has 1 saturated heterocycles. The molecule has 4 rings (SSSR count). The minimum absolute atomic E-state index is 0.130. The van der Waals surface area contributed by atoms with E-state index in [1.807, 2.05) is 60.7 Å². The van der Waals surface area contributed by atoms with Gasteiger partial charge in [0, 0.05) is 6.54 Å². The third kappa shape index (κ3) is 5.34. The van der Waals surface area contributed by atoms with E-state index in [4.69, 9.17) is 14.2 Å². The van der Waals surface area contributed by atoms with Gasteiger partial charge in [-0.05, 0) is 48.2 Å². The molecule has 0 radical (unpaired) electrons. The number of carboxylic acid groups (broad SMARTS) is 1. The number of carbonyl (C=O) groups is 1. The van der Waals surface area contributed by atoms with Crippen LogP contribution in [-0.2, 0) is 11.4 Å². The molecule has 3 aromatic rings. The van der Waals surface area contributed by atoms with E-state index in [1.54, 1.807) is 14.2 Å². The van der Waals surface area contributed by atoms with Crippen LogP contribution >= 0.6 is 0 Å². The highest BCUT2D eigenvalue weighted by atomic mass is 16.5. The van der Waals surface area contributed by atoms with Gasteiger partial charge < -0.3 is 19.3 Å². The fraction of sp³-hybridized carbons (Fsp3) is 0.321. The van der Waals surface area contributed by atoms with Crippen LogP contribution in [0.4, 0.5) is 0 Å². The second-order valence-electron chi connectivity index (χ2n) is 8.51. The van der Waals surface area contributed by atoms with Crippen LogP contribution in [0, 0.1) is 5.92 Å². The Bertz CT molecular complexity index is 1060. The van der Waals surface area contributed by atoms with Crippen molar-refractivity contribution in [3.05, 3.63) is 89.5 Å². The number of ether oxygens (including phenoxy) is 3. The van der Waals surface area contributed by atoms with E-state index in [1.165, 1.54) is 0 Å². The van der Waals surface area contributed by atoms with Crippen LogP contribution < -0.4 is 14.2 Å². The summed E-state index contributed by atoms with van der Waals surface area (Å²) in [5.41, 5.74) is 3.11. The maximum Gasteiger partial charge on any atom is 0.307 e. The van der Waals surface area contributed by atoms with Crippen molar-refractivity contribution in [2.24, 2.45) is 5.92 Å². The first kappa shape index (κ1) is 23.6. The Morgan fingerprint density at radius 2 is 1.59 bits per heavy atom. The first-order valence-electron chi connectivity index (χ1n) is 11.5. The lowest BCUT2D eigenvalue weighted by molar-refractivity contribution is -0.143. The van der Waals surface area contributed by atoms with Gasteiger partial charge >= 0.3 is 5.97 Å². The van der Waals surface area contributed by atoms with Crippen LogP contribution in [0.3, 0.4) is 0 Å². The number of carboxylic acids is 1. The molecule has 6 heteroatoms. The van der Waals surface area contributed by atoms with Crippen LogP contribution in [0.15, 0.2) is 72.8 Å². The third-order valence-electron chi connectivity index (χ3n) is 6.31. The molecule has 1 aliphatic rings. The standard InChI is InChI=1S/C28H31NO5/c1-32-24-16-23(17-25(33-2)27(24)34-19-20-10-5-3-6-11-20)26(21-12-7-4-8-13-21)29-15-9-14-22(18-29)28(30)31/h3-8,10-13,16-17,22,26H,9,14-15,18-19H2,1-2H3,(H,30,31). The Morgan fingerprint density at radius 1 is 0.971 bits per heavy atom. The van der Waals surface area contributed by atoms with E-state index in [2.05, 4.69) is 17.0 Å². The Hall–Kier alpha value is -3.51. The predicted molar refractivity (Wildman–Crippen MR) is 131 cm³/mol. The van der Waals surface area contributed by atoms with Gasteiger partial charge in [-0.3, -0.25) is 9.69 Å². The van der Waals surface area contributed by atoms with Crippen molar-refractivity contribution < 1.29 is 24.1 Å². The van der Waals surface area contributed by atoms with Gasteiger partial charge in [0.05, 0.1) is 26.2 Å². The topological polar surface area (TPSA) is 68.2 Å². The predicted octanol–water partition coefficient (Wildman–Crippen LogP) is 5.17. The number of aliphatic carboxylic acids is 1. The maximum atomic E-state index is 11.7. The minimum Gasteiger partial charge on any atom is -0.493 e. The zero-order valence-corrected chi connectivity index (χ0v) is 19.6. The molecule has 0 aromatic heterocycles. The van der Waals surface area contributed by atoms with Gasteiger partial charge in [-0.2, -0.15) is 0 Å². The summed E-state index contributed by atoms with van der Waals surface area (Å²) >= 11 is 0. The SMILES string of the molecule is COc1cc(C(c2ccccc2)N2CCCC(C(=O)O)C2)cc(OC)c1OCc1ccccc1. The van der Waals surface area contributed by atoms with Gasteiger partial charge in [-0.15, -0.1) is 0 Å².